The molecule has 1 rings (SSSR count). The van der Waals surface area contributed by atoms with Gasteiger partial charge in [-0.15, -0.1) is 0 Å². The summed E-state index contributed by atoms with van der Waals surface area (Å²) in [5.74, 6) is -1.55. The summed E-state index contributed by atoms with van der Waals surface area (Å²) in [7, 11) is 0. The molecule has 1 nitrogen and oxygen atoms in total. The highest BCUT2D eigenvalue weighted by Crippen LogP contribution is 2.22. The Labute approximate surface area is 85.6 Å². The molecule has 0 atom stereocenters. The highest BCUT2D eigenvalue weighted by atomic mass is 35.5. The van der Waals surface area contributed by atoms with Gasteiger partial charge in [0, 0.05) is 12.2 Å². The lowest BCUT2D eigenvalue weighted by atomic mass is 10.2. The van der Waals surface area contributed by atoms with Gasteiger partial charge in [-0.1, -0.05) is 23.8 Å². The van der Waals surface area contributed by atoms with Gasteiger partial charge in [0.2, 0.25) is 0 Å². The predicted octanol–water partition coefficient (Wildman–Crippen LogP) is 3.01. The number of aliphatic hydroxyl groups excluding tert-OH is 1. The van der Waals surface area contributed by atoms with Crippen molar-refractivity contribution < 1.29 is 13.9 Å². The molecule has 0 amide bonds. The molecule has 0 fully saturated rings. The van der Waals surface area contributed by atoms with E-state index in [2.05, 4.69) is 0 Å². The zero-order valence-electron chi connectivity index (χ0n) is 7.30. The second kappa shape index (κ2) is 5.08. The van der Waals surface area contributed by atoms with Crippen LogP contribution < -0.4 is 0 Å². The lowest BCUT2D eigenvalue weighted by Crippen LogP contribution is -1.87. The summed E-state index contributed by atoms with van der Waals surface area (Å²) in [6, 6.07) is 2.40. The van der Waals surface area contributed by atoms with Gasteiger partial charge in [-0.2, -0.15) is 0 Å². The second-order valence-electron chi connectivity index (χ2n) is 2.68. The summed E-state index contributed by atoms with van der Waals surface area (Å²) < 4.78 is 25.9. The number of hydrogen-bond acceptors (Lipinski definition) is 1. The number of benzene rings is 1. The molecule has 0 aliphatic carbocycles. The second-order valence-corrected chi connectivity index (χ2v) is 3.06. The van der Waals surface area contributed by atoms with Crippen LogP contribution in [0.15, 0.2) is 18.2 Å². The highest BCUT2D eigenvalue weighted by molar-refractivity contribution is 6.31. The van der Waals surface area contributed by atoms with Crippen molar-refractivity contribution in [2.45, 2.75) is 6.42 Å². The largest absolute Gasteiger partial charge is 0.396 e. The minimum atomic E-state index is -0.777. The highest BCUT2D eigenvalue weighted by Gasteiger charge is 2.08. The van der Waals surface area contributed by atoms with Gasteiger partial charge in [0.05, 0.1) is 0 Å². The standard InChI is InChI=1S/C10H9ClF2O/c11-9-8(12)5-4-7(10(9)13)3-1-2-6-14/h1,3-5,14H,2,6H2. The van der Waals surface area contributed by atoms with Crippen LogP contribution in [0.4, 0.5) is 8.78 Å². The summed E-state index contributed by atoms with van der Waals surface area (Å²) in [4.78, 5) is 0. The van der Waals surface area contributed by atoms with Crippen LogP contribution in [-0.4, -0.2) is 11.7 Å². The van der Waals surface area contributed by atoms with Crippen molar-refractivity contribution in [3.8, 4) is 0 Å². The fourth-order valence-corrected chi connectivity index (χ4v) is 1.13. The van der Waals surface area contributed by atoms with Crippen molar-refractivity contribution in [3.63, 3.8) is 0 Å². The number of halogens is 3. The summed E-state index contributed by atoms with van der Waals surface area (Å²) in [6.45, 7) is -0.00690. The van der Waals surface area contributed by atoms with Gasteiger partial charge in [-0.25, -0.2) is 8.78 Å². The maximum Gasteiger partial charge on any atom is 0.151 e. The SMILES string of the molecule is OCCC=Cc1ccc(F)c(Cl)c1F. The quantitative estimate of drug-likeness (QED) is 0.774. The van der Waals surface area contributed by atoms with Crippen LogP contribution in [0.25, 0.3) is 6.08 Å². The molecule has 4 heteroatoms. The van der Waals surface area contributed by atoms with Crippen LogP contribution >= 0.6 is 11.6 Å². The van der Waals surface area contributed by atoms with E-state index in [9.17, 15) is 8.78 Å². The Kier molecular flexibility index (Phi) is 4.04. The zero-order chi connectivity index (χ0) is 10.6. The third-order valence-corrected chi connectivity index (χ3v) is 2.00. The third-order valence-electron chi connectivity index (χ3n) is 1.66. The predicted molar refractivity (Wildman–Crippen MR) is 52.1 cm³/mol. The van der Waals surface area contributed by atoms with E-state index in [0.29, 0.717) is 6.42 Å². The van der Waals surface area contributed by atoms with Crippen LogP contribution in [0.5, 0.6) is 0 Å². The van der Waals surface area contributed by atoms with Gasteiger partial charge in [-0.3, -0.25) is 0 Å². The van der Waals surface area contributed by atoms with Gasteiger partial charge in [0.25, 0.3) is 0 Å². The minimum absolute atomic E-state index is 0.00690. The molecule has 0 aliphatic heterocycles. The molecule has 0 radical (unpaired) electrons. The lowest BCUT2D eigenvalue weighted by molar-refractivity contribution is 0.303. The van der Waals surface area contributed by atoms with E-state index >= 15 is 0 Å². The first kappa shape index (κ1) is 11.1. The Morgan fingerprint density at radius 1 is 1.36 bits per heavy atom. The van der Waals surface area contributed by atoms with Crippen molar-refractivity contribution in [2.75, 3.05) is 6.61 Å². The number of aliphatic hydroxyl groups is 1. The maximum absolute atomic E-state index is 13.2. The molecule has 0 bridgehead atoms. The Bertz CT molecular complexity index is 350. The molecule has 0 saturated carbocycles. The van der Waals surface area contributed by atoms with Crippen LogP contribution in [0, 0.1) is 11.6 Å². The number of rotatable bonds is 3. The average Bonchev–Trinajstić information content (AvgIpc) is 2.18. The normalized spacial score (nSPS) is 11.1. The molecule has 0 heterocycles. The molecule has 14 heavy (non-hydrogen) atoms. The average molecular weight is 219 g/mol. The fourth-order valence-electron chi connectivity index (χ4n) is 0.954. The fraction of sp³-hybridized carbons (Fsp3) is 0.200. The molecule has 0 aromatic heterocycles. The van der Waals surface area contributed by atoms with E-state index < -0.39 is 16.7 Å². The van der Waals surface area contributed by atoms with E-state index in [-0.39, 0.29) is 12.2 Å². The van der Waals surface area contributed by atoms with Crippen molar-refractivity contribution in [3.05, 3.63) is 40.4 Å². The van der Waals surface area contributed by atoms with Crippen LogP contribution in [0.3, 0.4) is 0 Å². The third kappa shape index (κ3) is 2.53. The molecule has 1 N–H and O–H groups in total. The Morgan fingerprint density at radius 2 is 2.07 bits per heavy atom. The topological polar surface area (TPSA) is 20.2 Å². The van der Waals surface area contributed by atoms with Crippen molar-refractivity contribution in [2.24, 2.45) is 0 Å². The van der Waals surface area contributed by atoms with Gasteiger partial charge < -0.3 is 5.11 Å². The summed E-state index contributed by atoms with van der Waals surface area (Å²) in [5, 5.41) is 7.98. The van der Waals surface area contributed by atoms with Gasteiger partial charge in [0.15, 0.2) is 5.82 Å². The van der Waals surface area contributed by atoms with E-state index in [1.165, 1.54) is 12.1 Å². The summed E-state index contributed by atoms with van der Waals surface area (Å²) >= 11 is 5.36. The van der Waals surface area contributed by atoms with Gasteiger partial charge in [0.1, 0.15) is 10.8 Å². The summed E-state index contributed by atoms with van der Waals surface area (Å²) in [5.41, 5.74) is 0.213. The van der Waals surface area contributed by atoms with Crippen molar-refractivity contribution >= 4 is 17.7 Å². The molecule has 76 valence electrons. The molecule has 1 aromatic carbocycles. The van der Waals surface area contributed by atoms with Crippen LogP contribution in [-0.2, 0) is 0 Å². The molecule has 0 saturated heterocycles. The lowest BCUT2D eigenvalue weighted by Gasteiger charge is -2.00. The van der Waals surface area contributed by atoms with E-state index in [1.54, 1.807) is 6.08 Å². The molecule has 0 spiro atoms. The van der Waals surface area contributed by atoms with E-state index in [0.717, 1.165) is 6.07 Å². The molecule has 0 unspecified atom stereocenters. The van der Waals surface area contributed by atoms with Crippen molar-refractivity contribution in [1.82, 2.24) is 0 Å². The van der Waals surface area contributed by atoms with Crippen LogP contribution in [0.1, 0.15) is 12.0 Å². The first-order valence-corrected chi connectivity index (χ1v) is 4.45. The van der Waals surface area contributed by atoms with Gasteiger partial charge in [-0.05, 0) is 18.6 Å². The maximum atomic E-state index is 13.2. The molecular weight excluding hydrogens is 210 g/mol. The first-order valence-electron chi connectivity index (χ1n) is 4.07. The van der Waals surface area contributed by atoms with Crippen molar-refractivity contribution in [1.29, 1.82) is 0 Å². The Morgan fingerprint density at radius 3 is 2.71 bits per heavy atom. The first-order chi connectivity index (χ1) is 6.66. The molecular formula is C10H9ClF2O. The van der Waals surface area contributed by atoms with E-state index in [4.69, 9.17) is 16.7 Å². The number of hydrogen-bond donors (Lipinski definition) is 1. The molecule has 1 aromatic rings. The Balaban J connectivity index is 2.94. The van der Waals surface area contributed by atoms with Gasteiger partial charge >= 0.3 is 0 Å². The van der Waals surface area contributed by atoms with E-state index in [1.807, 2.05) is 0 Å². The molecule has 0 aliphatic rings. The monoisotopic (exact) mass is 218 g/mol. The minimum Gasteiger partial charge on any atom is -0.396 e. The van der Waals surface area contributed by atoms with Crippen LogP contribution in [0.2, 0.25) is 5.02 Å². The smallest absolute Gasteiger partial charge is 0.151 e. The zero-order valence-corrected chi connectivity index (χ0v) is 8.06. The Hall–Kier alpha value is -0.930. The summed E-state index contributed by atoms with van der Waals surface area (Å²) in [6.07, 6.45) is 3.47.